The molecule has 0 N–H and O–H groups in total. The average Bonchev–Trinajstić information content (AvgIpc) is 2.74. The molecule has 0 saturated carbocycles. The molecule has 0 unspecified atom stereocenters. The van der Waals surface area contributed by atoms with E-state index in [0.29, 0.717) is 17.7 Å². The quantitative estimate of drug-likeness (QED) is 0.378. The van der Waals surface area contributed by atoms with Gasteiger partial charge in [-0.15, -0.1) is 0 Å². The first kappa shape index (κ1) is 24.7. The Kier molecular flexibility index (Phi) is 7.76. The van der Waals surface area contributed by atoms with Crippen LogP contribution >= 0.6 is 11.6 Å². The molecular formula is C25H25ClFNO4S. The van der Waals surface area contributed by atoms with E-state index in [2.05, 4.69) is 0 Å². The van der Waals surface area contributed by atoms with Gasteiger partial charge in [-0.3, -0.25) is 4.79 Å². The van der Waals surface area contributed by atoms with E-state index < -0.39 is 10.1 Å². The molecule has 0 saturated heterocycles. The Bertz CT molecular complexity index is 1220. The maximum atomic E-state index is 13.3. The summed E-state index contributed by atoms with van der Waals surface area (Å²) >= 11 is 6.10. The number of hydrogen-bond donors (Lipinski definition) is 0. The van der Waals surface area contributed by atoms with Crippen LogP contribution in [0.5, 0.6) is 5.75 Å². The second kappa shape index (κ2) is 10.4. The lowest BCUT2D eigenvalue weighted by molar-refractivity contribution is -0.135. The molecule has 0 aliphatic carbocycles. The van der Waals surface area contributed by atoms with Crippen molar-refractivity contribution < 1.29 is 21.8 Å². The number of benzene rings is 3. The average molecular weight is 490 g/mol. The highest BCUT2D eigenvalue weighted by Gasteiger charge is 2.23. The minimum Gasteiger partial charge on any atom is -0.379 e. The predicted molar refractivity (Wildman–Crippen MR) is 126 cm³/mol. The van der Waals surface area contributed by atoms with Gasteiger partial charge in [0.25, 0.3) is 0 Å². The van der Waals surface area contributed by atoms with Crippen LogP contribution in [0.15, 0.2) is 71.6 Å². The molecule has 0 aliphatic heterocycles. The number of rotatable bonds is 8. The lowest BCUT2D eigenvalue weighted by Crippen LogP contribution is -2.33. The molecular weight excluding hydrogens is 465 g/mol. The van der Waals surface area contributed by atoms with Crippen LogP contribution in [0, 0.1) is 18.7 Å². The highest BCUT2D eigenvalue weighted by molar-refractivity contribution is 7.87. The van der Waals surface area contributed by atoms with Crippen molar-refractivity contribution in [1.82, 2.24) is 4.90 Å². The van der Waals surface area contributed by atoms with Crippen LogP contribution in [0.25, 0.3) is 0 Å². The number of hydrogen-bond acceptors (Lipinski definition) is 4. The second-order valence-corrected chi connectivity index (χ2v) is 9.94. The monoisotopic (exact) mass is 489 g/mol. The summed E-state index contributed by atoms with van der Waals surface area (Å²) in [7, 11) is -4.15. The zero-order valence-corrected chi connectivity index (χ0v) is 20.2. The minimum atomic E-state index is -4.15. The third-order valence-electron chi connectivity index (χ3n) is 4.98. The zero-order chi connectivity index (χ0) is 24.2. The van der Waals surface area contributed by atoms with Crippen LogP contribution in [-0.2, 0) is 28.0 Å². The molecule has 3 aromatic carbocycles. The fourth-order valence-electron chi connectivity index (χ4n) is 3.40. The first-order chi connectivity index (χ1) is 15.6. The van der Waals surface area contributed by atoms with Crippen LogP contribution in [0.1, 0.15) is 30.5 Å². The number of aryl methyl sites for hydroxylation is 1. The Morgan fingerprint density at radius 1 is 1.00 bits per heavy atom. The molecule has 1 amide bonds. The number of nitrogens with zero attached hydrogens (tertiary/aromatic N) is 1. The lowest BCUT2D eigenvalue weighted by Gasteiger charge is -2.25. The standard InChI is InChI=1S/C25H25ClFNO4S/c1-17(2)25(29)28(15-19-10-12-21(27)13-11-19)16-20-7-5-8-22(14-20)32-33(30,31)24-18(3)6-4-9-23(24)26/h4-14,17H,15-16H2,1-3H3. The molecule has 0 atom stereocenters. The first-order valence-electron chi connectivity index (χ1n) is 10.4. The van der Waals surface area contributed by atoms with Crippen molar-refractivity contribution in [3.8, 4) is 5.75 Å². The first-order valence-corrected chi connectivity index (χ1v) is 12.2. The van der Waals surface area contributed by atoms with E-state index in [4.69, 9.17) is 15.8 Å². The molecule has 0 fully saturated rings. The highest BCUT2D eigenvalue weighted by Crippen LogP contribution is 2.28. The van der Waals surface area contributed by atoms with E-state index in [-0.39, 0.29) is 39.9 Å². The zero-order valence-electron chi connectivity index (χ0n) is 18.6. The molecule has 0 heterocycles. The summed E-state index contributed by atoms with van der Waals surface area (Å²) in [5.41, 5.74) is 1.95. The van der Waals surface area contributed by atoms with Crippen LogP contribution in [0.3, 0.4) is 0 Å². The van der Waals surface area contributed by atoms with Gasteiger partial charge in [-0.25, -0.2) is 4.39 Å². The van der Waals surface area contributed by atoms with Gasteiger partial charge in [0.05, 0.1) is 5.02 Å². The molecule has 5 nitrogen and oxygen atoms in total. The Morgan fingerprint density at radius 2 is 1.64 bits per heavy atom. The summed E-state index contributed by atoms with van der Waals surface area (Å²) < 4.78 is 44.3. The largest absolute Gasteiger partial charge is 0.379 e. The third-order valence-corrected chi connectivity index (χ3v) is 6.86. The molecule has 3 rings (SSSR count). The maximum Gasteiger partial charge on any atom is 0.340 e. The number of halogens is 2. The highest BCUT2D eigenvalue weighted by atomic mass is 35.5. The van der Waals surface area contributed by atoms with E-state index in [1.807, 2.05) is 0 Å². The van der Waals surface area contributed by atoms with E-state index >= 15 is 0 Å². The summed E-state index contributed by atoms with van der Waals surface area (Å²) in [6.45, 7) is 5.77. The Morgan fingerprint density at radius 3 is 2.27 bits per heavy atom. The maximum absolute atomic E-state index is 13.3. The molecule has 33 heavy (non-hydrogen) atoms. The van der Waals surface area contributed by atoms with Crippen molar-refractivity contribution in [2.24, 2.45) is 5.92 Å². The predicted octanol–water partition coefficient (Wildman–Crippen LogP) is 5.74. The van der Waals surface area contributed by atoms with Crippen molar-refractivity contribution >= 4 is 27.6 Å². The number of carbonyl (C=O) groups excluding carboxylic acids is 1. The minimum absolute atomic E-state index is 0.0787. The van der Waals surface area contributed by atoms with Gasteiger partial charge in [0.1, 0.15) is 16.5 Å². The molecule has 8 heteroatoms. The summed E-state index contributed by atoms with van der Waals surface area (Å²) in [5, 5.41) is 0.0826. The fourth-order valence-corrected chi connectivity index (χ4v) is 5.12. The van der Waals surface area contributed by atoms with Crippen LogP contribution in [0.4, 0.5) is 4.39 Å². The van der Waals surface area contributed by atoms with Crippen molar-refractivity contribution in [3.05, 3.63) is 94.3 Å². The van der Waals surface area contributed by atoms with Gasteiger partial charge in [0.2, 0.25) is 5.91 Å². The van der Waals surface area contributed by atoms with E-state index in [1.165, 1.54) is 24.3 Å². The van der Waals surface area contributed by atoms with Crippen molar-refractivity contribution in [2.75, 3.05) is 0 Å². The van der Waals surface area contributed by atoms with Crippen molar-refractivity contribution in [3.63, 3.8) is 0 Å². The lowest BCUT2D eigenvalue weighted by atomic mass is 10.1. The normalized spacial score (nSPS) is 11.5. The summed E-state index contributed by atoms with van der Waals surface area (Å²) in [5.74, 6) is -0.552. The van der Waals surface area contributed by atoms with Gasteiger partial charge >= 0.3 is 10.1 Å². The second-order valence-electron chi connectivity index (χ2n) is 8.05. The van der Waals surface area contributed by atoms with E-state index in [0.717, 1.165) is 5.56 Å². The number of carbonyl (C=O) groups is 1. The molecule has 0 aliphatic rings. The van der Waals surface area contributed by atoms with Gasteiger partial charge in [-0.05, 0) is 53.9 Å². The SMILES string of the molecule is Cc1cccc(Cl)c1S(=O)(=O)Oc1cccc(CN(Cc2ccc(F)cc2)C(=O)C(C)C)c1. The van der Waals surface area contributed by atoms with E-state index in [9.17, 15) is 17.6 Å². The number of amides is 1. The molecule has 174 valence electrons. The summed E-state index contributed by atoms with van der Waals surface area (Å²) in [6, 6.07) is 17.3. The van der Waals surface area contributed by atoms with Crippen LogP contribution in [-0.4, -0.2) is 19.2 Å². The smallest absolute Gasteiger partial charge is 0.340 e. The van der Waals surface area contributed by atoms with Crippen molar-refractivity contribution in [1.29, 1.82) is 0 Å². The summed E-state index contributed by atoms with van der Waals surface area (Å²) in [4.78, 5) is 14.4. The molecule has 0 radical (unpaired) electrons. The molecule has 0 aromatic heterocycles. The summed E-state index contributed by atoms with van der Waals surface area (Å²) in [6.07, 6.45) is 0. The van der Waals surface area contributed by atoms with Crippen LogP contribution in [0.2, 0.25) is 5.02 Å². The third kappa shape index (κ3) is 6.33. The topological polar surface area (TPSA) is 63.7 Å². The van der Waals surface area contributed by atoms with Gasteiger partial charge in [-0.2, -0.15) is 8.42 Å². The van der Waals surface area contributed by atoms with Crippen molar-refractivity contribution in [2.45, 2.75) is 38.8 Å². The van der Waals surface area contributed by atoms with E-state index in [1.54, 1.807) is 68.1 Å². The fraction of sp³-hybridized carbons (Fsp3) is 0.240. The van der Waals surface area contributed by atoms with Gasteiger partial charge in [0.15, 0.2) is 0 Å². The molecule has 0 bridgehead atoms. The van der Waals surface area contributed by atoms with Crippen LogP contribution < -0.4 is 4.18 Å². The Balaban J connectivity index is 1.84. The molecule has 3 aromatic rings. The Hall–Kier alpha value is -2.90. The van der Waals surface area contributed by atoms with Gasteiger partial charge in [-0.1, -0.05) is 61.8 Å². The Labute approximate surface area is 198 Å². The van der Waals surface area contributed by atoms with Gasteiger partial charge < -0.3 is 9.08 Å². The van der Waals surface area contributed by atoms with Gasteiger partial charge in [0, 0.05) is 19.0 Å². The molecule has 0 spiro atoms.